The summed E-state index contributed by atoms with van der Waals surface area (Å²) < 4.78 is 42.0. The Bertz CT molecular complexity index is 646. The van der Waals surface area contributed by atoms with Gasteiger partial charge in [0, 0.05) is 0 Å². The van der Waals surface area contributed by atoms with E-state index in [1.807, 2.05) is 30.3 Å². The number of benzene rings is 1. The molecule has 0 heterocycles. The van der Waals surface area contributed by atoms with Gasteiger partial charge in [-0.1, -0.05) is 0 Å². The second-order valence-electron chi connectivity index (χ2n) is 6.73. The summed E-state index contributed by atoms with van der Waals surface area (Å²) in [6, 6.07) is 9.40. The summed E-state index contributed by atoms with van der Waals surface area (Å²) in [5.41, 5.74) is -0.910. The van der Waals surface area contributed by atoms with E-state index < -0.39 is 36.1 Å². The van der Waals surface area contributed by atoms with Crippen LogP contribution < -0.4 is 3.58 Å². The molecule has 168 valence electrons. The fraction of sp³-hybridized carbons (Fsp3) is 0.647. The molecule has 0 fully saturated rings. The molecule has 1 aromatic rings. The van der Waals surface area contributed by atoms with Gasteiger partial charge in [-0.2, -0.15) is 0 Å². The van der Waals surface area contributed by atoms with Gasteiger partial charge >= 0.3 is 96.8 Å². The number of nitrogens with zero attached hydrogens (tertiary/aromatic N) is 1. The summed E-state index contributed by atoms with van der Waals surface area (Å²) in [6.07, 6.45) is -0.589. The Morgan fingerprint density at radius 1 is 1.03 bits per heavy atom. The predicted octanol–water partition coefficient (Wildman–Crippen LogP) is 6.20. The number of rotatable bonds is 10. The van der Waals surface area contributed by atoms with Crippen LogP contribution in [0.3, 0.4) is 0 Å². The average Bonchev–Trinajstić information content (AvgIpc) is 2.53. The van der Waals surface area contributed by atoms with Crippen molar-refractivity contribution in [3.63, 3.8) is 0 Å². The van der Waals surface area contributed by atoms with Gasteiger partial charge in [-0.3, -0.25) is 9.46 Å². The molecule has 0 aliphatic carbocycles. The van der Waals surface area contributed by atoms with Crippen LogP contribution in [0.25, 0.3) is 0 Å². The van der Waals surface area contributed by atoms with Gasteiger partial charge in [-0.05, 0) is 53.3 Å². The van der Waals surface area contributed by atoms with Crippen molar-refractivity contribution in [2.24, 2.45) is 0 Å². The van der Waals surface area contributed by atoms with Gasteiger partial charge in [0.1, 0.15) is 0 Å². The molecule has 12 heteroatoms. The van der Waals surface area contributed by atoms with Crippen molar-refractivity contribution in [2.45, 2.75) is 52.4 Å². The van der Waals surface area contributed by atoms with Crippen LogP contribution in [0.5, 0.6) is 0 Å². The zero-order valence-corrected chi connectivity index (χ0v) is 24.8. The van der Waals surface area contributed by atoms with Crippen molar-refractivity contribution in [1.29, 1.82) is 0 Å². The van der Waals surface area contributed by atoms with E-state index in [0.717, 1.165) is 3.58 Å². The van der Waals surface area contributed by atoms with Crippen LogP contribution in [0.1, 0.15) is 34.6 Å². The monoisotopic (exact) mass is 616 g/mol. The van der Waals surface area contributed by atoms with Crippen LogP contribution >= 0.6 is 42.4 Å². The van der Waals surface area contributed by atoms with Gasteiger partial charge in [0.05, 0.1) is 18.8 Å². The third-order valence-corrected chi connectivity index (χ3v) is 15.4. The Morgan fingerprint density at radius 2 is 1.48 bits per heavy atom. The first-order valence-electron chi connectivity index (χ1n) is 9.09. The molecular formula is C17H31Cl3NO5P2Sn+. The third-order valence-electron chi connectivity index (χ3n) is 3.01. The van der Waals surface area contributed by atoms with E-state index in [-0.39, 0.29) is 18.8 Å². The van der Waals surface area contributed by atoms with Gasteiger partial charge in [0.25, 0.3) is 0 Å². The van der Waals surface area contributed by atoms with Gasteiger partial charge in [-0.15, -0.1) is 4.52 Å². The maximum atomic E-state index is 12.9. The van der Waals surface area contributed by atoms with E-state index in [0.29, 0.717) is 0 Å². The second kappa shape index (κ2) is 14.3. The molecule has 0 bridgehead atoms. The summed E-state index contributed by atoms with van der Waals surface area (Å²) in [5, 5.41) is 0. The third kappa shape index (κ3) is 12.0. The first-order valence-corrected chi connectivity index (χ1v) is 24.2. The molecular weight excluding hydrogens is 585 g/mol. The van der Waals surface area contributed by atoms with Crippen LogP contribution in [0.2, 0.25) is 0 Å². The zero-order chi connectivity index (χ0) is 22.8. The molecule has 1 aromatic carbocycles. The normalized spacial score (nSPS) is 14.0. The van der Waals surface area contributed by atoms with E-state index in [9.17, 15) is 9.13 Å². The molecule has 0 N–H and O–H groups in total. The van der Waals surface area contributed by atoms with Crippen LogP contribution in [-0.4, -0.2) is 58.3 Å². The molecule has 0 spiro atoms. The molecule has 0 saturated carbocycles. The minimum atomic E-state index is -3.57. The summed E-state index contributed by atoms with van der Waals surface area (Å²) in [7, 11) is 15.0. The summed E-state index contributed by atoms with van der Waals surface area (Å²) in [4.78, 5) is 1.57. The van der Waals surface area contributed by atoms with Crippen LogP contribution in [0, 0.1) is 0 Å². The first-order chi connectivity index (χ1) is 13.2. The molecule has 0 amide bonds. The first kappa shape index (κ1) is 30.1. The van der Waals surface area contributed by atoms with Crippen molar-refractivity contribution in [2.75, 3.05) is 20.7 Å². The Morgan fingerprint density at radius 3 is 1.76 bits per heavy atom. The van der Waals surface area contributed by atoms with E-state index in [4.69, 9.17) is 40.3 Å². The van der Waals surface area contributed by atoms with Crippen molar-refractivity contribution >= 4 is 61.0 Å². The Balaban J connectivity index is 0.000000651. The van der Waals surface area contributed by atoms with Crippen molar-refractivity contribution in [1.82, 2.24) is 4.90 Å². The predicted molar refractivity (Wildman–Crippen MR) is 126 cm³/mol. The average molecular weight is 616 g/mol. The Hall–Kier alpha value is 1.06. The fourth-order valence-corrected chi connectivity index (χ4v) is 10.5. The van der Waals surface area contributed by atoms with E-state index in [1.165, 1.54) is 0 Å². The molecule has 1 rings (SSSR count). The Labute approximate surface area is 190 Å². The van der Waals surface area contributed by atoms with Crippen molar-refractivity contribution < 1.29 is 22.7 Å². The Kier molecular flexibility index (Phi) is 14.8. The summed E-state index contributed by atoms with van der Waals surface area (Å²) >= 11 is -3.30. The molecule has 0 aromatic heterocycles. The molecule has 2 atom stereocenters. The maximum absolute atomic E-state index is 12.9. The number of halogens is 3. The van der Waals surface area contributed by atoms with Gasteiger partial charge in [0.15, 0.2) is 0 Å². The molecule has 0 radical (unpaired) electrons. The minimum absolute atomic E-state index is 0.281. The van der Waals surface area contributed by atoms with Gasteiger partial charge < -0.3 is 9.05 Å². The van der Waals surface area contributed by atoms with Crippen LogP contribution in [-0.2, 0) is 22.7 Å². The molecule has 0 aliphatic heterocycles. The fourth-order valence-electron chi connectivity index (χ4n) is 2.13. The molecule has 0 aliphatic rings. The standard InChI is InChI=1S/C11H26NO5P2.C6H5.3ClH.Sn/c1-8-15-18(13)11(12(6)7)19(14,16-9(2)3)17-10(4)5;1-2-4-6-5-3-1;;;;/h9-11H,8H2,1-7H3;1-5H;3*1H;/q+1;;;;;+3/p-3. The number of hydrogen-bond acceptors (Lipinski definition) is 6. The topological polar surface area (TPSA) is 65.1 Å². The molecule has 2 unspecified atom stereocenters. The van der Waals surface area contributed by atoms with Gasteiger partial charge in [0.2, 0.25) is 0 Å². The van der Waals surface area contributed by atoms with E-state index in [1.54, 1.807) is 53.6 Å². The zero-order valence-electron chi connectivity index (χ0n) is 17.8. The van der Waals surface area contributed by atoms with Crippen LogP contribution in [0.15, 0.2) is 30.3 Å². The number of hydrogen-bond donors (Lipinski definition) is 0. The molecule has 0 saturated heterocycles. The van der Waals surface area contributed by atoms with Crippen LogP contribution in [0.4, 0.5) is 0 Å². The van der Waals surface area contributed by atoms with Crippen molar-refractivity contribution in [3.05, 3.63) is 30.3 Å². The molecule has 29 heavy (non-hydrogen) atoms. The van der Waals surface area contributed by atoms with E-state index in [2.05, 4.69) is 0 Å². The van der Waals surface area contributed by atoms with Crippen molar-refractivity contribution in [3.8, 4) is 0 Å². The second-order valence-corrected chi connectivity index (χ2v) is 30.2. The summed E-state index contributed by atoms with van der Waals surface area (Å²) in [5.74, 6) is 0. The van der Waals surface area contributed by atoms with E-state index >= 15 is 0 Å². The summed E-state index contributed by atoms with van der Waals surface area (Å²) in [6.45, 7) is 9.06. The SMILES string of the molecule is CCO[P+](=O)C(N(C)C)P(=O)(OC(C)C)OC(C)C.[Cl][Sn]([Cl])([Cl])[c]1ccccc1. The quantitative estimate of drug-likeness (QED) is 0.231. The molecule has 6 nitrogen and oxygen atoms in total. The van der Waals surface area contributed by atoms with Gasteiger partial charge in [-0.25, -0.2) is 0 Å².